The molecule has 0 bridgehead atoms. The molecule has 2 rings (SSSR count). The summed E-state index contributed by atoms with van der Waals surface area (Å²) in [4.78, 5) is 0. The third kappa shape index (κ3) is 3.02. The van der Waals surface area contributed by atoms with Gasteiger partial charge in [-0.25, -0.2) is 0 Å². The van der Waals surface area contributed by atoms with Gasteiger partial charge >= 0.3 is 0 Å². The number of rotatable bonds is 5. The fraction of sp³-hybridized carbons (Fsp3) is 0.667. The lowest BCUT2D eigenvalue weighted by Crippen LogP contribution is -2.43. The minimum Gasteiger partial charge on any atom is -0.316 e. The highest BCUT2D eigenvalue weighted by atomic mass is 14.9. The standard InChI is InChI=1S/C18H29N/c1-5-18(10-6-7-11-18)17(19-4)13-16-9-8-14(2)15(3)12-16/h8-9,12,17,19H,5-7,10-11,13H2,1-4H3. The Kier molecular flexibility index (Phi) is 4.67. The first kappa shape index (κ1) is 14.6. The van der Waals surface area contributed by atoms with Crippen molar-refractivity contribution in [3.05, 3.63) is 34.9 Å². The fourth-order valence-corrected chi connectivity index (χ4v) is 3.82. The van der Waals surface area contributed by atoms with Crippen LogP contribution in [0.4, 0.5) is 0 Å². The van der Waals surface area contributed by atoms with Gasteiger partial charge in [0, 0.05) is 6.04 Å². The Hall–Kier alpha value is -0.820. The van der Waals surface area contributed by atoms with E-state index in [2.05, 4.69) is 51.3 Å². The largest absolute Gasteiger partial charge is 0.316 e. The zero-order valence-corrected chi connectivity index (χ0v) is 13.1. The normalized spacial score (nSPS) is 19.6. The molecule has 1 atom stereocenters. The first-order chi connectivity index (χ1) is 9.11. The maximum atomic E-state index is 3.62. The number of hydrogen-bond donors (Lipinski definition) is 1. The molecule has 0 spiro atoms. The molecule has 0 radical (unpaired) electrons. The average Bonchev–Trinajstić information content (AvgIpc) is 2.90. The van der Waals surface area contributed by atoms with Gasteiger partial charge in [-0.05, 0) is 68.7 Å². The van der Waals surface area contributed by atoms with Gasteiger partial charge in [-0.3, -0.25) is 0 Å². The van der Waals surface area contributed by atoms with Gasteiger partial charge in [-0.1, -0.05) is 38.0 Å². The Morgan fingerprint density at radius 1 is 1.16 bits per heavy atom. The van der Waals surface area contributed by atoms with Crippen molar-refractivity contribution in [3.8, 4) is 0 Å². The quantitative estimate of drug-likeness (QED) is 0.826. The van der Waals surface area contributed by atoms with Gasteiger partial charge in [-0.2, -0.15) is 0 Å². The minimum atomic E-state index is 0.535. The molecule has 0 amide bonds. The summed E-state index contributed by atoms with van der Waals surface area (Å²) in [6.07, 6.45) is 8.12. The lowest BCUT2D eigenvalue weighted by Gasteiger charge is -2.37. The second-order valence-corrected chi connectivity index (χ2v) is 6.39. The van der Waals surface area contributed by atoms with E-state index in [1.807, 2.05) is 0 Å². The van der Waals surface area contributed by atoms with Crippen molar-refractivity contribution >= 4 is 0 Å². The molecule has 1 saturated carbocycles. The van der Waals surface area contributed by atoms with E-state index in [4.69, 9.17) is 0 Å². The van der Waals surface area contributed by atoms with Crippen LogP contribution in [-0.2, 0) is 6.42 Å². The van der Waals surface area contributed by atoms with Crippen LogP contribution in [0.1, 0.15) is 55.7 Å². The van der Waals surface area contributed by atoms with Crippen molar-refractivity contribution in [1.82, 2.24) is 5.32 Å². The van der Waals surface area contributed by atoms with E-state index in [0.29, 0.717) is 11.5 Å². The van der Waals surface area contributed by atoms with Crippen LogP contribution < -0.4 is 5.32 Å². The SMILES string of the molecule is CCC1(C(Cc2ccc(C)c(C)c2)NC)CCCC1. The van der Waals surface area contributed by atoms with E-state index < -0.39 is 0 Å². The van der Waals surface area contributed by atoms with Gasteiger partial charge in [0.25, 0.3) is 0 Å². The van der Waals surface area contributed by atoms with Crippen LogP contribution in [0.2, 0.25) is 0 Å². The minimum absolute atomic E-state index is 0.535. The van der Waals surface area contributed by atoms with Gasteiger partial charge in [0.1, 0.15) is 0 Å². The van der Waals surface area contributed by atoms with Crippen molar-refractivity contribution in [2.24, 2.45) is 5.41 Å². The highest BCUT2D eigenvalue weighted by Gasteiger charge is 2.38. The number of nitrogens with one attached hydrogen (secondary N) is 1. The van der Waals surface area contributed by atoms with Gasteiger partial charge in [-0.15, -0.1) is 0 Å². The molecule has 0 aromatic heterocycles. The van der Waals surface area contributed by atoms with E-state index in [0.717, 1.165) is 0 Å². The van der Waals surface area contributed by atoms with E-state index in [9.17, 15) is 0 Å². The molecule has 1 heteroatoms. The average molecular weight is 259 g/mol. The topological polar surface area (TPSA) is 12.0 Å². The number of aryl methyl sites for hydroxylation is 2. The first-order valence-electron chi connectivity index (χ1n) is 7.84. The molecule has 1 aromatic rings. The Labute approximate surface area is 118 Å². The molecular weight excluding hydrogens is 230 g/mol. The molecular formula is C18H29N. The monoisotopic (exact) mass is 259 g/mol. The van der Waals surface area contributed by atoms with Gasteiger partial charge in [0.15, 0.2) is 0 Å². The second kappa shape index (κ2) is 6.09. The van der Waals surface area contributed by atoms with E-state index in [1.165, 1.54) is 55.2 Å². The van der Waals surface area contributed by atoms with E-state index in [-0.39, 0.29) is 0 Å². The summed E-state index contributed by atoms with van der Waals surface area (Å²) in [5, 5.41) is 3.62. The number of benzene rings is 1. The summed E-state index contributed by atoms with van der Waals surface area (Å²) in [5.41, 5.74) is 4.84. The lowest BCUT2D eigenvalue weighted by atomic mass is 9.74. The fourth-order valence-electron chi connectivity index (χ4n) is 3.82. The third-order valence-corrected chi connectivity index (χ3v) is 5.40. The third-order valence-electron chi connectivity index (χ3n) is 5.40. The summed E-state index contributed by atoms with van der Waals surface area (Å²) < 4.78 is 0. The molecule has 1 fully saturated rings. The highest BCUT2D eigenvalue weighted by molar-refractivity contribution is 5.30. The van der Waals surface area contributed by atoms with Crippen LogP contribution >= 0.6 is 0 Å². The summed E-state index contributed by atoms with van der Waals surface area (Å²) >= 11 is 0. The zero-order chi connectivity index (χ0) is 13.9. The van der Waals surface area contributed by atoms with Crippen LogP contribution in [0.5, 0.6) is 0 Å². The van der Waals surface area contributed by atoms with Crippen molar-refractivity contribution in [2.75, 3.05) is 7.05 Å². The Balaban J connectivity index is 2.16. The molecule has 0 aliphatic heterocycles. The molecule has 0 saturated heterocycles. The van der Waals surface area contributed by atoms with Crippen molar-refractivity contribution in [3.63, 3.8) is 0 Å². The van der Waals surface area contributed by atoms with Crippen LogP contribution in [0, 0.1) is 19.3 Å². The van der Waals surface area contributed by atoms with Crippen molar-refractivity contribution in [1.29, 1.82) is 0 Å². The van der Waals surface area contributed by atoms with Crippen LogP contribution in [0.25, 0.3) is 0 Å². The number of hydrogen-bond acceptors (Lipinski definition) is 1. The molecule has 1 nitrogen and oxygen atoms in total. The van der Waals surface area contributed by atoms with E-state index >= 15 is 0 Å². The Morgan fingerprint density at radius 3 is 2.37 bits per heavy atom. The molecule has 1 aromatic carbocycles. The molecule has 106 valence electrons. The summed E-state index contributed by atoms with van der Waals surface area (Å²) in [6, 6.07) is 7.58. The molecule has 1 aliphatic rings. The zero-order valence-electron chi connectivity index (χ0n) is 13.1. The van der Waals surface area contributed by atoms with Crippen LogP contribution in [0.3, 0.4) is 0 Å². The summed E-state index contributed by atoms with van der Waals surface area (Å²) in [7, 11) is 2.14. The Morgan fingerprint density at radius 2 is 1.84 bits per heavy atom. The van der Waals surface area contributed by atoms with Gasteiger partial charge in [0.05, 0.1) is 0 Å². The predicted octanol–water partition coefficient (Wildman–Crippen LogP) is 4.40. The summed E-state index contributed by atoms with van der Waals surface area (Å²) in [5.74, 6) is 0. The molecule has 1 aliphatic carbocycles. The van der Waals surface area contributed by atoms with E-state index in [1.54, 1.807) is 0 Å². The number of likely N-dealkylation sites (N-methyl/N-ethyl adjacent to an activating group) is 1. The molecule has 0 heterocycles. The molecule has 1 N–H and O–H groups in total. The second-order valence-electron chi connectivity index (χ2n) is 6.39. The molecule has 19 heavy (non-hydrogen) atoms. The Bertz CT molecular complexity index is 416. The predicted molar refractivity (Wildman–Crippen MR) is 83.7 cm³/mol. The van der Waals surface area contributed by atoms with Crippen LogP contribution in [0.15, 0.2) is 18.2 Å². The van der Waals surface area contributed by atoms with Crippen LogP contribution in [-0.4, -0.2) is 13.1 Å². The first-order valence-corrected chi connectivity index (χ1v) is 7.84. The van der Waals surface area contributed by atoms with Crippen molar-refractivity contribution < 1.29 is 0 Å². The van der Waals surface area contributed by atoms with Gasteiger partial charge < -0.3 is 5.32 Å². The van der Waals surface area contributed by atoms with Crippen molar-refractivity contribution in [2.45, 2.75) is 65.3 Å². The maximum Gasteiger partial charge on any atom is 0.0161 e. The molecule has 1 unspecified atom stereocenters. The highest BCUT2D eigenvalue weighted by Crippen LogP contribution is 2.44. The smallest absolute Gasteiger partial charge is 0.0161 e. The lowest BCUT2D eigenvalue weighted by molar-refractivity contribution is 0.192. The summed E-state index contributed by atoms with van der Waals surface area (Å²) in [6.45, 7) is 6.79. The maximum absolute atomic E-state index is 3.62. The van der Waals surface area contributed by atoms with Gasteiger partial charge in [0.2, 0.25) is 0 Å².